The van der Waals surface area contributed by atoms with Gasteiger partial charge in [0, 0.05) is 15.7 Å². The van der Waals surface area contributed by atoms with E-state index in [2.05, 4.69) is 27.9 Å². The Balaban J connectivity index is 2.00. The van der Waals surface area contributed by atoms with E-state index in [-0.39, 0.29) is 5.91 Å². The van der Waals surface area contributed by atoms with Gasteiger partial charge in [-0.2, -0.15) is 0 Å². The van der Waals surface area contributed by atoms with Crippen molar-refractivity contribution in [3.8, 4) is 5.75 Å². The van der Waals surface area contributed by atoms with Crippen LogP contribution in [0.15, 0.2) is 42.5 Å². The molecule has 3 nitrogen and oxygen atoms in total. The average molecular weight is 416 g/mol. The van der Waals surface area contributed by atoms with Gasteiger partial charge in [0.25, 0.3) is 5.91 Å². The molecule has 0 bridgehead atoms. The summed E-state index contributed by atoms with van der Waals surface area (Å²) in [6.07, 6.45) is 0. The number of benzene rings is 2. The van der Waals surface area contributed by atoms with Crippen molar-refractivity contribution in [3.05, 3.63) is 62.2 Å². The lowest BCUT2D eigenvalue weighted by atomic mass is 10.2. The Kier molecular flexibility index (Phi) is 5.87. The molecule has 0 aromatic heterocycles. The zero-order chi connectivity index (χ0) is 15.2. The van der Waals surface area contributed by atoms with Crippen LogP contribution in [0.2, 0.25) is 5.02 Å². The zero-order valence-electron chi connectivity index (χ0n) is 11.5. The Morgan fingerprint density at radius 1 is 1.29 bits per heavy atom. The molecule has 2 rings (SSSR count). The van der Waals surface area contributed by atoms with Crippen LogP contribution in [0.4, 0.5) is 0 Å². The van der Waals surface area contributed by atoms with Gasteiger partial charge < -0.3 is 10.1 Å². The zero-order valence-corrected chi connectivity index (χ0v) is 14.4. The third kappa shape index (κ3) is 4.61. The second-order valence-corrected chi connectivity index (χ2v) is 5.96. The van der Waals surface area contributed by atoms with Gasteiger partial charge in [0.1, 0.15) is 5.75 Å². The molecule has 0 radical (unpaired) electrons. The van der Waals surface area contributed by atoms with E-state index >= 15 is 0 Å². The maximum absolute atomic E-state index is 12.1. The fraction of sp³-hybridized carbons (Fsp3) is 0.188. The summed E-state index contributed by atoms with van der Waals surface area (Å²) >= 11 is 8.16. The highest BCUT2D eigenvalue weighted by molar-refractivity contribution is 14.1. The minimum Gasteiger partial charge on any atom is -0.494 e. The summed E-state index contributed by atoms with van der Waals surface area (Å²) in [5.74, 6) is 0.664. The van der Waals surface area contributed by atoms with Crippen molar-refractivity contribution in [1.82, 2.24) is 5.32 Å². The summed E-state index contributed by atoms with van der Waals surface area (Å²) in [5, 5.41) is 3.46. The molecule has 5 heteroatoms. The van der Waals surface area contributed by atoms with Crippen LogP contribution < -0.4 is 10.1 Å². The van der Waals surface area contributed by atoms with Gasteiger partial charge in [-0.15, -0.1) is 0 Å². The molecule has 1 N–H and O–H groups in total. The van der Waals surface area contributed by atoms with E-state index in [0.29, 0.717) is 23.7 Å². The number of hydrogen-bond donors (Lipinski definition) is 1. The summed E-state index contributed by atoms with van der Waals surface area (Å²) < 4.78 is 6.36. The molecule has 0 saturated heterocycles. The van der Waals surface area contributed by atoms with Crippen LogP contribution in [0, 0.1) is 3.57 Å². The Morgan fingerprint density at radius 2 is 2.10 bits per heavy atom. The number of hydrogen-bond acceptors (Lipinski definition) is 2. The molecule has 0 spiro atoms. The SMILES string of the molecule is CCOc1cccc(CNC(=O)c2ccc(I)c(Cl)c2)c1. The maximum Gasteiger partial charge on any atom is 0.251 e. The highest BCUT2D eigenvalue weighted by Crippen LogP contribution is 2.19. The highest BCUT2D eigenvalue weighted by Gasteiger charge is 2.07. The van der Waals surface area contributed by atoms with E-state index in [4.69, 9.17) is 16.3 Å². The molecule has 0 fully saturated rings. The lowest BCUT2D eigenvalue weighted by molar-refractivity contribution is 0.0951. The van der Waals surface area contributed by atoms with Gasteiger partial charge >= 0.3 is 0 Å². The Hall–Kier alpha value is -1.27. The predicted molar refractivity (Wildman–Crippen MR) is 93.0 cm³/mol. The fourth-order valence-electron chi connectivity index (χ4n) is 1.83. The van der Waals surface area contributed by atoms with Crippen molar-refractivity contribution < 1.29 is 9.53 Å². The average Bonchev–Trinajstić information content (AvgIpc) is 2.48. The Labute approximate surface area is 142 Å². The summed E-state index contributed by atoms with van der Waals surface area (Å²) in [7, 11) is 0. The van der Waals surface area contributed by atoms with E-state index in [1.807, 2.05) is 37.3 Å². The van der Waals surface area contributed by atoms with E-state index in [9.17, 15) is 4.79 Å². The van der Waals surface area contributed by atoms with E-state index in [1.54, 1.807) is 12.1 Å². The number of ether oxygens (including phenoxy) is 1. The number of halogens is 2. The molecule has 0 saturated carbocycles. The third-order valence-electron chi connectivity index (χ3n) is 2.84. The summed E-state index contributed by atoms with van der Waals surface area (Å²) in [4.78, 5) is 12.1. The van der Waals surface area contributed by atoms with Crippen LogP contribution in [-0.4, -0.2) is 12.5 Å². The minimum atomic E-state index is -0.143. The summed E-state index contributed by atoms with van der Waals surface area (Å²) in [5.41, 5.74) is 1.55. The number of carbonyl (C=O) groups excluding carboxylic acids is 1. The normalized spacial score (nSPS) is 10.2. The molecule has 0 aliphatic heterocycles. The molecule has 0 heterocycles. The van der Waals surface area contributed by atoms with Crippen molar-refractivity contribution in [2.75, 3.05) is 6.61 Å². The second kappa shape index (κ2) is 7.66. The molecule has 1 amide bonds. The van der Waals surface area contributed by atoms with Gasteiger partial charge in [-0.25, -0.2) is 0 Å². The van der Waals surface area contributed by atoms with Crippen molar-refractivity contribution in [1.29, 1.82) is 0 Å². The maximum atomic E-state index is 12.1. The van der Waals surface area contributed by atoms with E-state index in [0.717, 1.165) is 14.9 Å². The second-order valence-electron chi connectivity index (χ2n) is 4.39. The minimum absolute atomic E-state index is 0.143. The first-order valence-corrected chi connectivity index (χ1v) is 8.01. The van der Waals surface area contributed by atoms with Gasteiger partial charge in [-0.3, -0.25) is 4.79 Å². The number of rotatable bonds is 5. The Bertz CT molecular complexity index is 646. The molecule has 2 aromatic carbocycles. The van der Waals surface area contributed by atoms with Crippen molar-refractivity contribution in [3.63, 3.8) is 0 Å². The van der Waals surface area contributed by atoms with Crippen LogP contribution in [0.1, 0.15) is 22.8 Å². The molecule has 2 aromatic rings. The quantitative estimate of drug-likeness (QED) is 0.741. The van der Waals surface area contributed by atoms with E-state index < -0.39 is 0 Å². The first-order chi connectivity index (χ1) is 10.1. The van der Waals surface area contributed by atoms with E-state index in [1.165, 1.54) is 0 Å². The first kappa shape index (κ1) is 16.1. The molecule has 0 unspecified atom stereocenters. The summed E-state index contributed by atoms with van der Waals surface area (Å²) in [6, 6.07) is 12.9. The van der Waals surface area contributed by atoms with Gasteiger partial charge in [0.15, 0.2) is 0 Å². The fourth-order valence-corrected chi connectivity index (χ4v) is 2.35. The molecule has 21 heavy (non-hydrogen) atoms. The predicted octanol–water partition coefficient (Wildman–Crippen LogP) is 4.27. The molecule has 0 aliphatic rings. The number of carbonyl (C=O) groups is 1. The lowest BCUT2D eigenvalue weighted by Gasteiger charge is -2.08. The molecule has 110 valence electrons. The van der Waals surface area contributed by atoms with Crippen molar-refractivity contribution >= 4 is 40.1 Å². The van der Waals surface area contributed by atoms with Crippen LogP contribution in [-0.2, 0) is 6.54 Å². The van der Waals surface area contributed by atoms with Crippen LogP contribution in [0.3, 0.4) is 0 Å². The first-order valence-electron chi connectivity index (χ1n) is 6.55. The number of amides is 1. The standard InChI is InChI=1S/C16H15ClINO2/c1-2-21-13-5-3-4-11(8-13)10-19-16(20)12-6-7-15(18)14(17)9-12/h3-9H,2,10H2,1H3,(H,19,20). The van der Waals surface area contributed by atoms with Gasteiger partial charge in [0.2, 0.25) is 0 Å². The largest absolute Gasteiger partial charge is 0.494 e. The third-order valence-corrected chi connectivity index (χ3v) is 4.42. The van der Waals surface area contributed by atoms with Gasteiger partial charge in [-0.05, 0) is 65.4 Å². The van der Waals surface area contributed by atoms with Crippen molar-refractivity contribution in [2.45, 2.75) is 13.5 Å². The van der Waals surface area contributed by atoms with Crippen molar-refractivity contribution in [2.24, 2.45) is 0 Å². The molecule has 0 atom stereocenters. The monoisotopic (exact) mass is 415 g/mol. The molecule has 0 aliphatic carbocycles. The van der Waals surface area contributed by atoms with Gasteiger partial charge in [0.05, 0.1) is 11.6 Å². The van der Waals surface area contributed by atoms with Crippen LogP contribution in [0.5, 0.6) is 5.75 Å². The lowest BCUT2D eigenvalue weighted by Crippen LogP contribution is -2.22. The van der Waals surface area contributed by atoms with Gasteiger partial charge in [-0.1, -0.05) is 23.7 Å². The van der Waals surface area contributed by atoms with Crippen LogP contribution in [0.25, 0.3) is 0 Å². The topological polar surface area (TPSA) is 38.3 Å². The molecular formula is C16H15ClINO2. The summed E-state index contributed by atoms with van der Waals surface area (Å²) in [6.45, 7) is 3.01. The van der Waals surface area contributed by atoms with Crippen LogP contribution >= 0.6 is 34.2 Å². The smallest absolute Gasteiger partial charge is 0.251 e. The Morgan fingerprint density at radius 3 is 2.81 bits per heavy atom. The number of nitrogens with one attached hydrogen (secondary N) is 1. The highest BCUT2D eigenvalue weighted by atomic mass is 127. The molecular weight excluding hydrogens is 401 g/mol.